The van der Waals surface area contributed by atoms with Gasteiger partial charge in [0.15, 0.2) is 0 Å². The van der Waals surface area contributed by atoms with Gasteiger partial charge >= 0.3 is 0 Å². The molecule has 0 spiro atoms. The number of aryl methyl sites for hydroxylation is 1. The molecule has 0 bridgehead atoms. The van der Waals surface area contributed by atoms with E-state index in [9.17, 15) is 17.8 Å². The van der Waals surface area contributed by atoms with Crippen LogP contribution in [0.15, 0.2) is 18.2 Å². The monoisotopic (exact) mass is 555 g/mol. The van der Waals surface area contributed by atoms with Crippen molar-refractivity contribution < 1.29 is 27.1 Å². The lowest BCUT2D eigenvalue weighted by Crippen LogP contribution is -2.17. The molecule has 7 heteroatoms. The fourth-order valence-electron chi connectivity index (χ4n) is 5.59. The fourth-order valence-corrected chi connectivity index (χ4v) is 5.88. The van der Waals surface area contributed by atoms with Crippen LogP contribution in [0.25, 0.3) is 0 Å². The van der Waals surface area contributed by atoms with Gasteiger partial charge in [-0.1, -0.05) is 103 Å². The van der Waals surface area contributed by atoms with Gasteiger partial charge in [-0.05, 0) is 67.6 Å². The average Bonchev–Trinajstić information content (AvgIpc) is 2.89. The Labute approximate surface area is 233 Å². The summed E-state index contributed by atoms with van der Waals surface area (Å²) in [7, 11) is -3.68. The van der Waals surface area contributed by atoms with Crippen molar-refractivity contribution in [3.63, 3.8) is 0 Å². The molecule has 2 atom stereocenters. The maximum Gasteiger partial charge on any atom is 0.217 e. The number of aliphatic hydroxyl groups excluding tert-OH is 1. The normalized spacial score (nSPS) is 13.0. The molecule has 0 saturated heterocycles. The topological polar surface area (TPSA) is 104 Å². The molecular formula is C31H55O6S-. The molecule has 1 rings (SSSR count). The second-order valence-corrected chi connectivity index (χ2v) is 11.4. The third-order valence-electron chi connectivity index (χ3n) is 7.47. The highest BCUT2D eigenvalue weighted by atomic mass is 32.3. The lowest BCUT2D eigenvalue weighted by molar-refractivity contribution is -0.107. The predicted molar refractivity (Wildman–Crippen MR) is 156 cm³/mol. The molecule has 0 aliphatic heterocycles. The fraction of sp³-hybridized carbons (Fsp3) is 0.774. The summed E-state index contributed by atoms with van der Waals surface area (Å²) in [4.78, 5) is 10.5. The van der Waals surface area contributed by atoms with E-state index in [4.69, 9.17) is 5.11 Å². The molecule has 0 aliphatic rings. The Morgan fingerprint density at radius 3 is 1.97 bits per heavy atom. The molecule has 0 radical (unpaired) electrons. The summed E-state index contributed by atoms with van der Waals surface area (Å²) < 4.78 is 37.3. The molecule has 0 aliphatic carbocycles. The first-order valence-electron chi connectivity index (χ1n) is 14.9. The lowest BCUT2D eigenvalue weighted by atomic mass is 9.75. The highest BCUT2D eigenvalue weighted by molar-refractivity contribution is 7.80. The smallest absolute Gasteiger partial charge is 0.217 e. The van der Waals surface area contributed by atoms with Crippen LogP contribution in [0.4, 0.5) is 0 Å². The quantitative estimate of drug-likeness (QED) is 0.0639. The average molecular weight is 556 g/mol. The van der Waals surface area contributed by atoms with E-state index in [0.717, 1.165) is 38.2 Å². The summed E-state index contributed by atoms with van der Waals surface area (Å²) in [5.74, 6) is 1.00. The number of unbranched alkanes of at least 4 members (excludes halogenated alkanes) is 11. The number of aliphatic hydroxyl groups is 1. The second-order valence-electron chi connectivity index (χ2n) is 10.3. The van der Waals surface area contributed by atoms with E-state index in [0.29, 0.717) is 24.7 Å². The van der Waals surface area contributed by atoms with Crippen LogP contribution >= 0.6 is 0 Å². The minimum Gasteiger partial charge on any atom is -0.726 e. The first-order chi connectivity index (χ1) is 18.3. The van der Waals surface area contributed by atoms with Crippen LogP contribution in [-0.4, -0.2) is 38.1 Å². The zero-order valence-electron chi connectivity index (χ0n) is 24.6. The molecule has 0 aromatic heterocycles. The number of carbonyl (C=O) groups is 1. The summed E-state index contributed by atoms with van der Waals surface area (Å²) >= 11 is 0. The molecular weight excluding hydrogens is 500 g/mol. The van der Waals surface area contributed by atoms with E-state index >= 15 is 0 Å². The summed E-state index contributed by atoms with van der Waals surface area (Å²) in [6.07, 6.45) is 20.4. The van der Waals surface area contributed by atoms with Gasteiger partial charge in [0.05, 0.1) is 6.61 Å². The number of hydrogen-bond acceptors (Lipinski definition) is 6. The van der Waals surface area contributed by atoms with Gasteiger partial charge in [-0.25, -0.2) is 8.42 Å². The Morgan fingerprint density at radius 1 is 0.895 bits per heavy atom. The Kier molecular flexibility index (Phi) is 22.8. The first kappa shape index (κ1) is 36.7. The van der Waals surface area contributed by atoms with Crippen molar-refractivity contribution in [2.24, 2.45) is 5.92 Å². The van der Waals surface area contributed by atoms with Crippen LogP contribution in [0.1, 0.15) is 139 Å². The van der Waals surface area contributed by atoms with E-state index in [1.54, 1.807) is 0 Å². The van der Waals surface area contributed by atoms with Crippen molar-refractivity contribution in [2.75, 3.05) is 13.7 Å². The minimum atomic E-state index is -4.68. The van der Waals surface area contributed by atoms with Crippen molar-refractivity contribution >= 4 is 16.7 Å². The molecule has 6 nitrogen and oxygen atoms in total. The highest BCUT2D eigenvalue weighted by Crippen LogP contribution is 2.39. The largest absolute Gasteiger partial charge is 0.726 e. The zero-order chi connectivity index (χ0) is 28.7. The van der Waals surface area contributed by atoms with Crippen molar-refractivity contribution in [3.05, 3.63) is 34.9 Å². The molecule has 222 valence electrons. The summed E-state index contributed by atoms with van der Waals surface area (Å²) in [6.45, 7) is 6.55. The van der Waals surface area contributed by atoms with Crippen molar-refractivity contribution in [1.29, 1.82) is 0 Å². The third-order valence-corrected chi connectivity index (χ3v) is 7.92. The van der Waals surface area contributed by atoms with Gasteiger partial charge in [-0.15, -0.1) is 0 Å². The van der Waals surface area contributed by atoms with E-state index in [-0.39, 0.29) is 6.61 Å². The third kappa shape index (κ3) is 17.3. The van der Waals surface area contributed by atoms with Crippen molar-refractivity contribution in [3.8, 4) is 0 Å². The molecule has 1 aromatic rings. The Balaban J connectivity index is 0.00000667. The molecule has 2 unspecified atom stereocenters. The minimum absolute atomic E-state index is 0.109. The van der Waals surface area contributed by atoms with Gasteiger partial charge in [0.2, 0.25) is 10.4 Å². The summed E-state index contributed by atoms with van der Waals surface area (Å²) in [6, 6.07) is 6.21. The molecule has 38 heavy (non-hydrogen) atoms. The van der Waals surface area contributed by atoms with Crippen LogP contribution in [0.3, 0.4) is 0 Å². The van der Waals surface area contributed by atoms with Gasteiger partial charge in [-0.3, -0.25) is 4.18 Å². The summed E-state index contributed by atoms with van der Waals surface area (Å²) in [5.41, 5.74) is 3.66. The van der Waals surface area contributed by atoms with E-state index in [2.05, 4.69) is 37.1 Å². The number of rotatable bonds is 23. The Morgan fingerprint density at radius 2 is 1.45 bits per heavy atom. The predicted octanol–water partition coefficient (Wildman–Crippen LogP) is 7.80. The standard InChI is InChI=1S/C30H52O5S.CH4O/c1-4-6-7-8-9-12-15-20-27(21-16-13-10-11-14-17-24-31)29(5-2)30-26(3)19-18-22-28(30)23-25-35-36(32,33)34;1-2/h18-19,22,24,27,29H,4-17,20-21,23,25H2,1-3H3,(H,32,33,34);2H,1H3/p-1. The van der Waals surface area contributed by atoms with Gasteiger partial charge < -0.3 is 14.5 Å². The second kappa shape index (κ2) is 23.6. The molecule has 0 heterocycles. The SMILES string of the molecule is CCCCCCCCCC(CCCCCCCC=O)C(CC)c1c(C)cccc1CCOS(=O)(=O)[O-].CO. The highest BCUT2D eigenvalue weighted by Gasteiger charge is 2.25. The molecule has 1 N–H and O–H groups in total. The van der Waals surface area contributed by atoms with Crippen LogP contribution in [0.2, 0.25) is 0 Å². The molecule has 0 saturated carbocycles. The number of carbonyl (C=O) groups excluding carboxylic acids is 1. The van der Waals surface area contributed by atoms with E-state index < -0.39 is 10.4 Å². The van der Waals surface area contributed by atoms with Crippen LogP contribution in [-0.2, 0) is 25.8 Å². The van der Waals surface area contributed by atoms with Crippen LogP contribution in [0, 0.1) is 12.8 Å². The van der Waals surface area contributed by atoms with Crippen molar-refractivity contribution in [1.82, 2.24) is 0 Å². The Hall–Kier alpha value is -1.28. The maximum atomic E-state index is 10.9. The molecule has 1 aromatic carbocycles. The lowest BCUT2D eigenvalue weighted by Gasteiger charge is -2.30. The number of hydrogen-bond donors (Lipinski definition) is 1. The first-order valence-corrected chi connectivity index (χ1v) is 16.2. The Bertz CT molecular complexity index is 809. The van der Waals surface area contributed by atoms with E-state index in [1.807, 2.05) is 6.07 Å². The number of benzene rings is 1. The van der Waals surface area contributed by atoms with Gasteiger partial charge in [0.25, 0.3) is 0 Å². The maximum absolute atomic E-state index is 10.9. The van der Waals surface area contributed by atoms with Gasteiger partial charge in [0, 0.05) is 13.5 Å². The molecule has 0 amide bonds. The van der Waals surface area contributed by atoms with Gasteiger partial charge in [0.1, 0.15) is 6.29 Å². The van der Waals surface area contributed by atoms with Crippen LogP contribution in [0.5, 0.6) is 0 Å². The van der Waals surface area contributed by atoms with Crippen LogP contribution < -0.4 is 0 Å². The van der Waals surface area contributed by atoms with Crippen molar-refractivity contribution in [2.45, 2.75) is 136 Å². The summed E-state index contributed by atoms with van der Waals surface area (Å²) in [5, 5.41) is 7.00. The molecule has 0 fully saturated rings. The van der Waals surface area contributed by atoms with Gasteiger partial charge in [-0.2, -0.15) is 0 Å². The number of aldehydes is 1. The van der Waals surface area contributed by atoms with E-state index in [1.165, 1.54) is 88.2 Å². The zero-order valence-corrected chi connectivity index (χ0v) is 25.4.